The van der Waals surface area contributed by atoms with Crippen molar-refractivity contribution in [2.75, 3.05) is 13.2 Å². The van der Waals surface area contributed by atoms with Crippen molar-refractivity contribution in [1.29, 1.82) is 0 Å². The molecule has 1 saturated heterocycles. The average molecular weight is 477 g/mol. The molecule has 1 saturated carbocycles. The Morgan fingerprint density at radius 3 is 2.37 bits per heavy atom. The first-order valence-electron chi connectivity index (χ1n) is 12.5. The van der Waals surface area contributed by atoms with Crippen LogP contribution >= 0.6 is 0 Å². The van der Waals surface area contributed by atoms with E-state index in [0.29, 0.717) is 12.5 Å². The maximum atomic E-state index is 13.4. The number of carboxylic acid groups (broad SMARTS) is 1. The van der Waals surface area contributed by atoms with Gasteiger partial charge < -0.3 is 20.1 Å². The topological polar surface area (TPSA) is 95.9 Å². The molecule has 2 N–H and O–H groups in total. The minimum atomic E-state index is -0.998. The van der Waals surface area contributed by atoms with Crippen LogP contribution in [-0.2, 0) is 14.3 Å². The van der Waals surface area contributed by atoms with E-state index >= 15 is 0 Å². The van der Waals surface area contributed by atoms with Gasteiger partial charge in [0.2, 0.25) is 5.91 Å². The lowest BCUT2D eigenvalue weighted by Crippen LogP contribution is -2.70. The summed E-state index contributed by atoms with van der Waals surface area (Å²) in [5.74, 6) is -0.809. The first kappa shape index (κ1) is 23.4. The van der Waals surface area contributed by atoms with Crippen LogP contribution in [0.3, 0.4) is 0 Å². The quantitative estimate of drug-likeness (QED) is 0.611. The fraction of sp³-hybridized carbons (Fsp3) is 0.464. The van der Waals surface area contributed by atoms with Gasteiger partial charge in [-0.3, -0.25) is 9.59 Å². The van der Waals surface area contributed by atoms with Gasteiger partial charge in [0.1, 0.15) is 12.6 Å². The standard InChI is InChI=1S/C28H32N2O5/c1-28-15-7-6-8-18(28)16-30(28)26(33)24(13-14-25(31)32)29-27(34)35-17-23-21-11-4-2-9-19(21)20-10-3-5-12-22(20)23/h2-5,9-12,18,23-24H,6-8,13-17H2,1H3,(H,29,34)(H,31,32)/t18-,24?,28-/m0/s1. The number of nitrogens with one attached hydrogen (secondary N) is 1. The van der Waals surface area contributed by atoms with Crippen molar-refractivity contribution in [2.24, 2.45) is 5.92 Å². The molecule has 7 heteroatoms. The maximum absolute atomic E-state index is 13.4. The molecule has 2 amide bonds. The Hall–Kier alpha value is -3.35. The normalized spacial score (nSPS) is 23.3. The second-order valence-corrected chi connectivity index (χ2v) is 10.2. The molecular formula is C28H32N2O5. The molecule has 3 aliphatic rings. The number of fused-ring (bicyclic) bond motifs is 4. The van der Waals surface area contributed by atoms with Gasteiger partial charge in [-0.2, -0.15) is 0 Å². The number of hydrogen-bond acceptors (Lipinski definition) is 4. The lowest BCUT2D eigenvalue weighted by molar-refractivity contribution is -0.163. The summed E-state index contributed by atoms with van der Waals surface area (Å²) in [5.41, 5.74) is 4.30. The lowest BCUT2D eigenvalue weighted by atomic mass is 9.66. The summed E-state index contributed by atoms with van der Waals surface area (Å²) < 4.78 is 5.62. The van der Waals surface area contributed by atoms with Gasteiger partial charge >= 0.3 is 12.1 Å². The van der Waals surface area contributed by atoms with Gasteiger partial charge in [0.15, 0.2) is 0 Å². The predicted molar refractivity (Wildman–Crippen MR) is 131 cm³/mol. The summed E-state index contributed by atoms with van der Waals surface area (Å²) in [6.07, 6.45) is 3.46. The predicted octanol–water partition coefficient (Wildman–Crippen LogP) is 4.55. The van der Waals surface area contributed by atoms with Gasteiger partial charge in [-0.25, -0.2) is 4.79 Å². The van der Waals surface area contributed by atoms with Crippen molar-refractivity contribution < 1.29 is 24.2 Å². The smallest absolute Gasteiger partial charge is 0.407 e. The Kier molecular flexibility index (Phi) is 6.26. The molecule has 2 aromatic carbocycles. The number of carbonyl (C=O) groups is 3. The molecule has 2 aromatic rings. The average Bonchev–Trinajstić information content (AvgIpc) is 3.16. The van der Waals surface area contributed by atoms with Crippen LogP contribution in [0.2, 0.25) is 0 Å². The van der Waals surface area contributed by atoms with E-state index in [1.54, 1.807) is 0 Å². The van der Waals surface area contributed by atoms with Crippen LogP contribution in [0.1, 0.15) is 62.5 Å². The van der Waals surface area contributed by atoms with Gasteiger partial charge in [0, 0.05) is 24.4 Å². The van der Waals surface area contributed by atoms with E-state index in [4.69, 9.17) is 4.74 Å². The summed E-state index contributed by atoms with van der Waals surface area (Å²) in [4.78, 5) is 39.3. The molecule has 35 heavy (non-hydrogen) atoms. The largest absolute Gasteiger partial charge is 0.481 e. The second-order valence-electron chi connectivity index (χ2n) is 10.2. The molecule has 0 aromatic heterocycles. The van der Waals surface area contributed by atoms with Crippen LogP contribution < -0.4 is 5.32 Å². The highest BCUT2D eigenvalue weighted by Crippen LogP contribution is 2.47. The van der Waals surface area contributed by atoms with E-state index in [1.807, 2.05) is 41.3 Å². The number of ether oxygens (including phenoxy) is 1. The number of alkyl carbamates (subject to hydrolysis) is 1. The van der Waals surface area contributed by atoms with Crippen molar-refractivity contribution in [1.82, 2.24) is 10.2 Å². The van der Waals surface area contributed by atoms with E-state index in [9.17, 15) is 19.5 Å². The number of carboxylic acids is 1. The van der Waals surface area contributed by atoms with Crippen LogP contribution in [-0.4, -0.2) is 52.7 Å². The summed E-state index contributed by atoms with van der Waals surface area (Å²) >= 11 is 0. The van der Waals surface area contributed by atoms with E-state index in [-0.39, 0.29) is 36.8 Å². The van der Waals surface area contributed by atoms with E-state index in [2.05, 4.69) is 24.4 Å². The number of nitrogens with zero attached hydrogens (tertiary/aromatic N) is 1. The van der Waals surface area contributed by atoms with Gasteiger partial charge in [-0.05, 0) is 54.4 Å². The number of benzene rings is 2. The summed E-state index contributed by atoms with van der Waals surface area (Å²) in [5, 5.41) is 11.9. The third kappa shape index (κ3) is 4.28. The molecule has 2 fully saturated rings. The molecule has 0 spiro atoms. The third-order valence-corrected chi connectivity index (χ3v) is 8.23. The minimum Gasteiger partial charge on any atom is -0.481 e. The van der Waals surface area contributed by atoms with E-state index in [1.165, 1.54) is 6.42 Å². The van der Waals surface area contributed by atoms with Crippen LogP contribution in [0.5, 0.6) is 0 Å². The molecule has 2 aliphatic carbocycles. The molecule has 1 aliphatic heterocycles. The molecule has 184 valence electrons. The van der Waals surface area contributed by atoms with Gasteiger partial charge in [0.05, 0.1) is 0 Å². The van der Waals surface area contributed by atoms with Crippen molar-refractivity contribution in [3.63, 3.8) is 0 Å². The van der Waals surface area contributed by atoms with Gasteiger partial charge in [-0.1, -0.05) is 61.4 Å². The summed E-state index contributed by atoms with van der Waals surface area (Å²) in [7, 11) is 0. The Morgan fingerprint density at radius 1 is 1.09 bits per heavy atom. The molecule has 1 unspecified atom stereocenters. The van der Waals surface area contributed by atoms with Gasteiger partial charge in [-0.15, -0.1) is 0 Å². The highest BCUT2D eigenvalue weighted by Gasteiger charge is 2.53. The lowest BCUT2D eigenvalue weighted by Gasteiger charge is -2.60. The number of aliphatic carboxylic acids is 1. The molecule has 0 radical (unpaired) electrons. The summed E-state index contributed by atoms with van der Waals surface area (Å²) in [6, 6.07) is 15.3. The zero-order valence-electron chi connectivity index (χ0n) is 20.0. The van der Waals surface area contributed by atoms with Crippen LogP contribution in [0.4, 0.5) is 4.79 Å². The number of amides is 2. The highest BCUT2D eigenvalue weighted by atomic mass is 16.5. The molecule has 3 atom stereocenters. The van der Waals surface area contributed by atoms with Crippen LogP contribution in [0.25, 0.3) is 11.1 Å². The third-order valence-electron chi connectivity index (χ3n) is 8.23. The second kappa shape index (κ2) is 9.36. The maximum Gasteiger partial charge on any atom is 0.407 e. The molecule has 7 nitrogen and oxygen atoms in total. The van der Waals surface area contributed by atoms with Crippen molar-refractivity contribution in [3.05, 3.63) is 59.7 Å². The summed E-state index contributed by atoms with van der Waals surface area (Å²) in [6.45, 7) is 2.92. The van der Waals surface area contributed by atoms with Crippen molar-refractivity contribution in [2.45, 2.75) is 62.9 Å². The Balaban J connectivity index is 1.26. The number of carbonyl (C=O) groups excluding carboxylic acids is 2. The Labute approximate surface area is 205 Å². The Morgan fingerprint density at radius 2 is 1.74 bits per heavy atom. The monoisotopic (exact) mass is 476 g/mol. The van der Waals surface area contributed by atoms with Crippen LogP contribution in [0.15, 0.2) is 48.5 Å². The zero-order chi connectivity index (χ0) is 24.6. The molecular weight excluding hydrogens is 444 g/mol. The zero-order valence-corrected chi connectivity index (χ0v) is 20.0. The van der Waals surface area contributed by atoms with Crippen molar-refractivity contribution in [3.8, 4) is 11.1 Å². The first-order valence-corrected chi connectivity index (χ1v) is 12.5. The Bertz CT molecular complexity index is 1100. The number of hydrogen-bond donors (Lipinski definition) is 2. The SMILES string of the molecule is C[C@]12CCCC[C@H]1CN2C(=O)C(CCC(=O)O)NC(=O)OCC1c2ccccc2-c2ccccc21. The number of likely N-dealkylation sites (tertiary alicyclic amines) is 1. The van der Waals surface area contributed by atoms with Gasteiger partial charge in [0.25, 0.3) is 0 Å². The van der Waals surface area contributed by atoms with E-state index in [0.717, 1.165) is 41.5 Å². The number of rotatable bonds is 7. The molecule has 0 bridgehead atoms. The fourth-order valence-electron chi connectivity index (χ4n) is 6.19. The highest BCUT2D eigenvalue weighted by molar-refractivity contribution is 5.87. The first-order chi connectivity index (χ1) is 16.9. The van der Waals surface area contributed by atoms with Crippen LogP contribution in [0, 0.1) is 5.92 Å². The molecule has 5 rings (SSSR count). The fourth-order valence-corrected chi connectivity index (χ4v) is 6.19. The van der Waals surface area contributed by atoms with E-state index < -0.39 is 18.1 Å². The minimum absolute atomic E-state index is 0.0373. The van der Waals surface area contributed by atoms with Crippen molar-refractivity contribution >= 4 is 18.0 Å². The molecule has 1 heterocycles.